The Morgan fingerprint density at radius 1 is 1.20 bits per heavy atom. The summed E-state index contributed by atoms with van der Waals surface area (Å²) < 4.78 is 0. The van der Waals surface area contributed by atoms with Crippen molar-refractivity contribution in [2.45, 2.75) is 45.6 Å². The Morgan fingerprint density at radius 2 is 2.00 bits per heavy atom. The molecule has 1 N–H and O–H groups in total. The van der Waals surface area contributed by atoms with Crippen molar-refractivity contribution in [3.8, 4) is 0 Å². The van der Waals surface area contributed by atoms with Gasteiger partial charge in [-0.3, -0.25) is 4.98 Å². The van der Waals surface area contributed by atoms with E-state index in [2.05, 4.69) is 61.4 Å². The number of hydrogen-bond acceptors (Lipinski definition) is 2. The van der Waals surface area contributed by atoms with Crippen LogP contribution in [0.5, 0.6) is 0 Å². The van der Waals surface area contributed by atoms with Gasteiger partial charge in [0, 0.05) is 16.6 Å². The predicted octanol–water partition coefficient (Wildman–Crippen LogP) is 4.03. The van der Waals surface area contributed by atoms with E-state index in [-0.39, 0.29) is 5.54 Å². The van der Waals surface area contributed by atoms with E-state index in [4.69, 9.17) is 0 Å². The second-order valence-corrected chi connectivity index (χ2v) is 7.14. The van der Waals surface area contributed by atoms with Gasteiger partial charge in [-0.05, 0) is 76.3 Å². The van der Waals surface area contributed by atoms with Gasteiger partial charge in [0.2, 0.25) is 0 Å². The van der Waals surface area contributed by atoms with E-state index in [1.54, 1.807) is 0 Å². The average Bonchev–Trinajstić information content (AvgIpc) is 3.14. The lowest BCUT2D eigenvalue weighted by Gasteiger charge is -2.20. The van der Waals surface area contributed by atoms with E-state index in [0.717, 1.165) is 29.6 Å². The average molecular weight is 268 g/mol. The molecule has 1 aliphatic rings. The highest BCUT2D eigenvalue weighted by Crippen LogP contribution is 2.47. The van der Waals surface area contributed by atoms with E-state index in [0.29, 0.717) is 0 Å². The Kier molecular flexibility index (Phi) is 3.29. The first-order valence-corrected chi connectivity index (χ1v) is 7.55. The third kappa shape index (κ3) is 3.01. The second kappa shape index (κ2) is 4.85. The number of pyridine rings is 1. The molecule has 106 valence electrons. The van der Waals surface area contributed by atoms with Gasteiger partial charge in [-0.2, -0.15) is 0 Å². The number of hydrogen-bond donors (Lipinski definition) is 1. The molecule has 1 aromatic carbocycles. The van der Waals surface area contributed by atoms with Crippen LogP contribution in [0.1, 0.15) is 44.4 Å². The summed E-state index contributed by atoms with van der Waals surface area (Å²) in [6.07, 6.45) is 1.31. The van der Waals surface area contributed by atoms with Crippen molar-refractivity contribution >= 4 is 10.9 Å². The van der Waals surface area contributed by atoms with E-state index in [1.807, 2.05) is 6.92 Å². The summed E-state index contributed by atoms with van der Waals surface area (Å²) in [6, 6.07) is 11.0. The molecular formula is C18H24N2. The van der Waals surface area contributed by atoms with Crippen LogP contribution in [0.2, 0.25) is 0 Å². The number of fused-ring (bicyclic) bond motifs is 1. The van der Waals surface area contributed by atoms with Crippen LogP contribution < -0.4 is 5.32 Å². The van der Waals surface area contributed by atoms with Crippen LogP contribution in [0.4, 0.5) is 0 Å². The number of aryl methyl sites for hydroxylation is 1. The van der Waals surface area contributed by atoms with Gasteiger partial charge in [-0.1, -0.05) is 12.1 Å². The predicted molar refractivity (Wildman–Crippen MR) is 85.1 cm³/mol. The van der Waals surface area contributed by atoms with Gasteiger partial charge in [0.15, 0.2) is 0 Å². The van der Waals surface area contributed by atoms with Crippen molar-refractivity contribution in [3.05, 3.63) is 41.6 Å². The van der Waals surface area contributed by atoms with Crippen molar-refractivity contribution < 1.29 is 0 Å². The molecule has 0 radical (unpaired) electrons. The molecular weight excluding hydrogens is 244 g/mol. The van der Waals surface area contributed by atoms with Gasteiger partial charge in [-0.15, -0.1) is 0 Å². The van der Waals surface area contributed by atoms with Crippen molar-refractivity contribution in [2.24, 2.45) is 5.92 Å². The highest BCUT2D eigenvalue weighted by molar-refractivity contribution is 5.79. The zero-order chi connectivity index (χ0) is 14.3. The molecule has 0 saturated heterocycles. The first-order chi connectivity index (χ1) is 9.42. The Labute approximate surface area is 121 Å². The Bertz CT molecular complexity index is 625. The highest BCUT2D eigenvalue weighted by atomic mass is 15.0. The third-order valence-corrected chi connectivity index (χ3v) is 4.10. The molecule has 0 amide bonds. The van der Waals surface area contributed by atoms with Crippen molar-refractivity contribution in [2.75, 3.05) is 6.54 Å². The lowest BCUT2D eigenvalue weighted by molar-refractivity contribution is 0.414. The first kappa shape index (κ1) is 13.6. The molecule has 2 unspecified atom stereocenters. The van der Waals surface area contributed by atoms with Crippen LogP contribution in [-0.4, -0.2) is 17.1 Å². The summed E-state index contributed by atoms with van der Waals surface area (Å²) in [6.45, 7) is 9.86. The summed E-state index contributed by atoms with van der Waals surface area (Å²) in [5.74, 6) is 1.53. The maximum atomic E-state index is 4.57. The fourth-order valence-electron chi connectivity index (χ4n) is 2.80. The quantitative estimate of drug-likeness (QED) is 0.909. The normalized spacial score (nSPS) is 22.2. The smallest absolute Gasteiger partial charge is 0.0705 e. The Morgan fingerprint density at radius 3 is 2.75 bits per heavy atom. The minimum absolute atomic E-state index is 0.220. The fraction of sp³-hybridized carbons (Fsp3) is 0.500. The maximum absolute atomic E-state index is 4.57. The molecule has 1 saturated carbocycles. The minimum atomic E-state index is 0.220. The standard InChI is InChI=1S/C18H24N2/c1-12-5-6-14-9-13(7-8-17(14)20-12)16-10-15(16)11-19-18(2,3)4/h5-9,15-16,19H,10-11H2,1-4H3. The van der Waals surface area contributed by atoms with Crippen LogP contribution >= 0.6 is 0 Å². The second-order valence-electron chi connectivity index (χ2n) is 7.14. The van der Waals surface area contributed by atoms with Gasteiger partial charge >= 0.3 is 0 Å². The molecule has 1 heterocycles. The SMILES string of the molecule is Cc1ccc2cc(C3CC3CNC(C)(C)C)ccc2n1. The topological polar surface area (TPSA) is 24.9 Å². The first-order valence-electron chi connectivity index (χ1n) is 7.55. The summed E-state index contributed by atoms with van der Waals surface area (Å²) >= 11 is 0. The molecule has 2 nitrogen and oxygen atoms in total. The van der Waals surface area contributed by atoms with E-state index in [9.17, 15) is 0 Å². The molecule has 20 heavy (non-hydrogen) atoms. The molecule has 2 heteroatoms. The number of nitrogens with one attached hydrogen (secondary N) is 1. The molecule has 0 bridgehead atoms. The molecule has 2 aromatic rings. The van der Waals surface area contributed by atoms with Crippen LogP contribution in [0, 0.1) is 12.8 Å². The molecule has 2 atom stereocenters. The van der Waals surface area contributed by atoms with Crippen molar-refractivity contribution in [1.82, 2.24) is 10.3 Å². The number of nitrogens with zero attached hydrogens (tertiary/aromatic N) is 1. The van der Waals surface area contributed by atoms with E-state index in [1.165, 1.54) is 17.4 Å². The number of benzene rings is 1. The van der Waals surface area contributed by atoms with Gasteiger partial charge in [0.05, 0.1) is 5.52 Å². The van der Waals surface area contributed by atoms with Crippen molar-refractivity contribution in [3.63, 3.8) is 0 Å². The van der Waals surface area contributed by atoms with Gasteiger partial charge in [0.1, 0.15) is 0 Å². The zero-order valence-electron chi connectivity index (χ0n) is 12.9. The monoisotopic (exact) mass is 268 g/mol. The summed E-state index contributed by atoms with van der Waals surface area (Å²) in [5.41, 5.74) is 3.89. The lowest BCUT2D eigenvalue weighted by Crippen LogP contribution is -2.37. The Balaban J connectivity index is 1.71. The molecule has 1 aromatic heterocycles. The van der Waals surface area contributed by atoms with Crippen LogP contribution in [0.25, 0.3) is 10.9 Å². The molecule has 1 fully saturated rings. The number of aromatic nitrogens is 1. The molecule has 1 aliphatic carbocycles. The van der Waals surface area contributed by atoms with E-state index < -0.39 is 0 Å². The van der Waals surface area contributed by atoms with Gasteiger partial charge in [-0.25, -0.2) is 0 Å². The highest BCUT2D eigenvalue weighted by Gasteiger charge is 2.38. The lowest BCUT2D eigenvalue weighted by atomic mass is 10.0. The van der Waals surface area contributed by atoms with Crippen LogP contribution in [-0.2, 0) is 0 Å². The molecule has 3 rings (SSSR count). The number of rotatable bonds is 3. The molecule has 0 aliphatic heterocycles. The van der Waals surface area contributed by atoms with Gasteiger partial charge < -0.3 is 5.32 Å². The zero-order valence-corrected chi connectivity index (χ0v) is 12.9. The van der Waals surface area contributed by atoms with E-state index >= 15 is 0 Å². The fourth-order valence-corrected chi connectivity index (χ4v) is 2.80. The summed E-state index contributed by atoms with van der Waals surface area (Å²) in [5, 5.41) is 4.88. The minimum Gasteiger partial charge on any atom is -0.312 e. The molecule has 0 spiro atoms. The third-order valence-electron chi connectivity index (χ3n) is 4.10. The Hall–Kier alpha value is -1.41. The van der Waals surface area contributed by atoms with Crippen LogP contribution in [0.15, 0.2) is 30.3 Å². The van der Waals surface area contributed by atoms with Gasteiger partial charge in [0.25, 0.3) is 0 Å². The summed E-state index contributed by atoms with van der Waals surface area (Å²) in [4.78, 5) is 4.57. The summed E-state index contributed by atoms with van der Waals surface area (Å²) in [7, 11) is 0. The largest absolute Gasteiger partial charge is 0.312 e. The maximum Gasteiger partial charge on any atom is 0.0705 e. The van der Waals surface area contributed by atoms with Crippen molar-refractivity contribution in [1.29, 1.82) is 0 Å². The van der Waals surface area contributed by atoms with Crippen LogP contribution in [0.3, 0.4) is 0 Å².